The van der Waals surface area contributed by atoms with Crippen LogP contribution in [0.5, 0.6) is 5.75 Å². The Balaban J connectivity index is 1.65. The van der Waals surface area contributed by atoms with E-state index < -0.39 is 5.25 Å². The maximum absolute atomic E-state index is 13.4. The molecule has 4 aromatic rings. The topological polar surface area (TPSA) is 82.2 Å². The van der Waals surface area contributed by atoms with Crippen LogP contribution in [0.2, 0.25) is 5.02 Å². The van der Waals surface area contributed by atoms with Gasteiger partial charge in [-0.1, -0.05) is 53.7 Å². The van der Waals surface area contributed by atoms with Gasteiger partial charge in [-0.25, -0.2) is 0 Å². The van der Waals surface area contributed by atoms with Crippen molar-refractivity contribution in [1.82, 2.24) is 14.8 Å². The van der Waals surface area contributed by atoms with E-state index in [0.29, 0.717) is 34.0 Å². The van der Waals surface area contributed by atoms with Crippen LogP contribution < -0.4 is 10.1 Å². The minimum absolute atomic E-state index is 0.195. The highest BCUT2D eigenvalue weighted by atomic mass is 35.5. The summed E-state index contributed by atoms with van der Waals surface area (Å²) in [7, 11) is 1.55. The maximum atomic E-state index is 13.4. The molecule has 0 aliphatic heterocycles. The van der Waals surface area contributed by atoms with Crippen molar-refractivity contribution in [1.29, 1.82) is 0 Å². The SMILES string of the molecule is CCn1c(SC(C(=O)Nc2ccc(OC)c(Cl)c2)c2ccccc2)nnc1-c1ccoc1C. The average Bonchev–Trinajstić information content (AvgIpc) is 3.43. The van der Waals surface area contributed by atoms with Crippen molar-refractivity contribution in [2.45, 2.75) is 30.8 Å². The molecule has 2 heterocycles. The summed E-state index contributed by atoms with van der Waals surface area (Å²) in [5, 5.41) is 12.2. The fourth-order valence-corrected chi connectivity index (χ4v) is 4.79. The Kier molecular flexibility index (Phi) is 7.05. The zero-order valence-electron chi connectivity index (χ0n) is 18.4. The summed E-state index contributed by atoms with van der Waals surface area (Å²) in [6, 6.07) is 16.6. The summed E-state index contributed by atoms with van der Waals surface area (Å²) in [6.07, 6.45) is 1.63. The number of rotatable bonds is 8. The first-order valence-electron chi connectivity index (χ1n) is 10.4. The van der Waals surface area contributed by atoms with E-state index in [-0.39, 0.29) is 5.91 Å². The molecular formula is C24H23ClN4O3S. The lowest BCUT2D eigenvalue weighted by Crippen LogP contribution is -2.19. The van der Waals surface area contributed by atoms with Gasteiger partial charge >= 0.3 is 0 Å². The maximum Gasteiger partial charge on any atom is 0.242 e. The van der Waals surface area contributed by atoms with Gasteiger partial charge in [0.1, 0.15) is 16.8 Å². The van der Waals surface area contributed by atoms with Crippen molar-refractivity contribution in [3.8, 4) is 17.1 Å². The van der Waals surface area contributed by atoms with Gasteiger partial charge in [-0.3, -0.25) is 4.79 Å². The molecule has 0 aliphatic carbocycles. The molecule has 2 aromatic heterocycles. The van der Waals surface area contributed by atoms with E-state index in [1.807, 2.05) is 54.8 Å². The van der Waals surface area contributed by atoms with Crippen LogP contribution in [0.15, 0.2) is 70.4 Å². The van der Waals surface area contributed by atoms with Crippen LogP contribution in [0.3, 0.4) is 0 Å². The molecule has 1 unspecified atom stereocenters. The van der Waals surface area contributed by atoms with Crippen LogP contribution in [0.25, 0.3) is 11.4 Å². The molecule has 1 amide bonds. The van der Waals surface area contributed by atoms with Crippen molar-refractivity contribution < 1.29 is 13.9 Å². The monoisotopic (exact) mass is 482 g/mol. The summed E-state index contributed by atoms with van der Waals surface area (Å²) in [5.41, 5.74) is 2.31. The molecule has 0 saturated heterocycles. The third-order valence-corrected chi connectivity index (χ3v) is 6.65. The summed E-state index contributed by atoms with van der Waals surface area (Å²) < 4.78 is 12.6. The molecule has 2 aromatic carbocycles. The average molecular weight is 483 g/mol. The Morgan fingerprint density at radius 1 is 1.21 bits per heavy atom. The minimum Gasteiger partial charge on any atom is -0.495 e. The molecule has 4 rings (SSSR count). The quantitative estimate of drug-likeness (QED) is 0.310. The van der Waals surface area contributed by atoms with Gasteiger partial charge in [0.25, 0.3) is 0 Å². The molecule has 1 N–H and O–H groups in total. The number of furan rings is 1. The second kappa shape index (κ2) is 10.1. The van der Waals surface area contributed by atoms with E-state index in [1.54, 1.807) is 31.6 Å². The number of thioether (sulfide) groups is 1. The fraction of sp³-hybridized carbons (Fsp3) is 0.208. The van der Waals surface area contributed by atoms with Crippen LogP contribution >= 0.6 is 23.4 Å². The molecule has 0 bridgehead atoms. The third kappa shape index (κ3) is 4.91. The predicted molar refractivity (Wildman–Crippen MR) is 130 cm³/mol. The smallest absolute Gasteiger partial charge is 0.242 e. The second-order valence-corrected chi connectivity index (χ2v) is 8.67. The first kappa shape index (κ1) is 22.9. The van der Waals surface area contributed by atoms with Crippen molar-refractivity contribution in [3.63, 3.8) is 0 Å². The number of aromatic nitrogens is 3. The van der Waals surface area contributed by atoms with E-state index in [2.05, 4.69) is 15.5 Å². The Morgan fingerprint density at radius 2 is 2.00 bits per heavy atom. The van der Waals surface area contributed by atoms with Crippen molar-refractivity contribution in [2.75, 3.05) is 12.4 Å². The van der Waals surface area contributed by atoms with Crippen molar-refractivity contribution in [2.24, 2.45) is 0 Å². The number of methoxy groups -OCH3 is 1. The van der Waals surface area contributed by atoms with E-state index in [9.17, 15) is 4.79 Å². The zero-order chi connectivity index (χ0) is 23.4. The number of ether oxygens (including phenoxy) is 1. The largest absolute Gasteiger partial charge is 0.495 e. The number of halogens is 1. The molecular weight excluding hydrogens is 460 g/mol. The molecule has 7 nitrogen and oxygen atoms in total. The number of nitrogens with one attached hydrogen (secondary N) is 1. The van der Waals surface area contributed by atoms with Gasteiger partial charge in [0.15, 0.2) is 11.0 Å². The number of carbonyl (C=O) groups is 1. The zero-order valence-corrected chi connectivity index (χ0v) is 20.0. The summed E-state index contributed by atoms with van der Waals surface area (Å²) in [6.45, 7) is 4.55. The molecule has 1 atom stereocenters. The van der Waals surface area contributed by atoms with E-state index in [1.165, 1.54) is 11.8 Å². The second-order valence-electron chi connectivity index (χ2n) is 7.19. The Bertz CT molecular complexity index is 1260. The highest BCUT2D eigenvalue weighted by Crippen LogP contribution is 2.37. The normalized spacial score (nSPS) is 11.9. The number of amides is 1. The molecule has 0 radical (unpaired) electrons. The number of carbonyl (C=O) groups excluding carboxylic acids is 1. The van der Waals surface area contributed by atoms with Crippen LogP contribution in [-0.4, -0.2) is 27.8 Å². The lowest BCUT2D eigenvalue weighted by molar-refractivity contribution is -0.115. The van der Waals surface area contributed by atoms with Crippen molar-refractivity contribution in [3.05, 3.63) is 77.2 Å². The van der Waals surface area contributed by atoms with Gasteiger partial charge in [0, 0.05) is 12.2 Å². The Labute approximate surface area is 201 Å². The first-order chi connectivity index (χ1) is 16.0. The molecule has 0 fully saturated rings. The number of benzene rings is 2. The van der Waals surface area contributed by atoms with Crippen LogP contribution in [0.1, 0.15) is 23.5 Å². The molecule has 0 spiro atoms. The molecule has 170 valence electrons. The first-order valence-corrected chi connectivity index (χ1v) is 11.6. The van der Waals surface area contributed by atoms with Crippen LogP contribution in [-0.2, 0) is 11.3 Å². The Hall–Kier alpha value is -3.23. The van der Waals surface area contributed by atoms with Gasteiger partial charge in [-0.15, -0.1) is 10.2 Å². The Morgan fingerprint density at radius 3 is 2.64 bits per heavy atom. The van der Waals surface area contributed by atoms with Crippen LogP contribution in [0.4, 0.5) is 5.69 Å². The minimum atomic E-state index is -0.556. The van der Waals surface area contributed by atoms with E-state index in [4.69, 9.17) is 20.8 Å². The molecule has 33 heavy (non-hydrogen) atoms. The molecule has 0 saturated carbocycles. The lowest BCUT2D eigenvalue weighted by atomic mass is 10.1. The fourth-order valence-electron chi connectivity index (χ4n) is 3.44. The highest BCUT2D eigenvalue weighted by molar-refractivity contribution is 8.00. The van der Waals surface area contributed by atoms with Gasteiger partial charge in [-0.05, 0) is 43.7 Å². The predicted octanol–water partition coefficient (Wildman–Crippen LogP) is 6.00. The number of aryl methyl sites for hydroxylation is 1. The summed E-state index contributed by atoms with van der Waals surface area (Å²) in [5.74, 6) is 1.82. The number of hydrogen-bond donors (Lipinski definition) is 1. The van der Waals surface area contributed by atoms with Crippen LogP contribution in [0, 0.1) is 6.92 Å². The lowest BCUT2D eigenvalue weighted by Gasteiger charge is -2.17. The van der Waals surface area contributed by atoms with Crippen molar-refractivity contribution >= 4 is 35.0 Å². The standard InChI is InChI=1S/C24H23ClN4O3S/c1-4-29-22(18-12-13-32-15(18)2)27-28-24(29)33-21(16-8-6-5-7-9-16)23(30)26-17-10-11-20(31-3)19(25)14-17/h5-14,21H,4H2,1-3H3,(H,26,30). The van der Waals surface area contributed by atoms with Gasteiger partial charge < -0.3 is 19.0 Å². The molecule has 0 aliphatic rings. The van der Waals surface area contributed by atoms with Gasteiger partial charge in [0.05, 0.1) is 24.0 Å². The summed E-state index contributed by atoms with van der Waals surface area (Å²) in [4.78, 5) is 13.4. The van der Waals surface area contributed by atoms with Gasteiger partial charge in [0.2, 0.25) is 5.91 Å². The highest BCUT2D eigenvalue weighted by Gasteiger charge is 2.26. The van der Waals surface area contributed by atoms with Gasteiger partial charge in [-0.2, -0.15) is 0 Å². The number of anilines is 1. The van der Waals surface area contributed by atoms with E-state index in [0.717, 1.165) is 16.9 Å². The van der Waals surface area contributed by atoms with E-state index >= 15 is 0 Å². The summed E-state index contributed by atoms with van der Waals surface area (Å²) >= 11 is 7.58. The number of hydrogen-bond acceptors (Lipinski definition) is 6. The number of nitrogens with zero attached hydrogens (tertiary/aromatic N) is 3. The third-order valence-electron chi connectivity index (χ3n) is 5.12. The molecule has 9 heteroatoms.